The summed E-state index contributed by atoms with van der Waals surface area (Å²) in [5.41, 5.74) is 0.997. The molecule has 0 spiro atoms. The second-order valence-electron chi connectivity index (χ2n) is 9.74. The van der Waals surface area contributed by atoms with Crippen LogP contribution in [0.3, 0.4) is 0 Å². The Morgan fingerprint density at radius 1 is 1.09 bits per heavy atom. The Morgan fingerprint density at radius 3 is 2.49 bits per heavy atom. The summed E-state index contributed by atoms with van der Waals surface area (Å²) in [5, 5.41) is 18.3. The minimum absolute atomic E-state index is 0.0123. The largest absolute Gasteiger partial charge is 0.493 e. The van der Waals surface area contributed by atoms with E-state index >= 15 is 0 Å². The van der Waals surface area contributed by atoms with E-state index in [0.29, 0.717) is 22.2 Å². The van der Waals surface area contributed by atoms with Crippen LogP contribution in [0.25, 0.3) is 11.7 Å². The lowest BCUT2D eigenvalue weighted by Crippen LogP contribution is -2.41. The lowest BCUT2D eigenvalue weighted by molar-refractivity contribution is 0.386. The molecule has 6 rings (SSSR count). The van der Waals surface area contributed by atoms with Gasteiger partial charge in [0.15, 0.2) is 11.1 Å². The zero-order valence-electron chi connectivity index (χ0n) is 19.1. The fourth-order valence-electron chi connectivity index (χ4n) is 4.54. The first-order valence-corrected chi connectivity index (χ1v) is 13.6. The normalized spacial score (nSPS) is 24.3. The van der Waals surface area contributed by atoms with Crippen LogP contribution in [-0.4, -0.2) is 61.5 Å². The summed E-state index contributed by atoms with van der Waals surface area (Å²) in [6, 6.07) is 2.33. The molecule has 0 saturated heterocycles. The van der Waals surface area contributed by atoms with Gasteiger partial charge < -0.3 is 15.4 Å². The Bertz CT molecular complexity index is 1540. The number of fused-ring (bicyclic) bond motifs is 1. The third kappa shape index (κ3) is 4.82. The molecular formula is C22H28N8O4S. The van der Waals surface area contributed by atoms with Gasteiger partial charge in [-0.3, -0.25) is 9.98 Å². The summed E-state index contributed by atoms with van der Waals surface area (Å²) in [4.78, 5) is 25.9. The highest BCUT2D eigenvalue weighted by atomic mass is 32.2. The van der Waals surface area contributed by atoms with Crippen molar-refractivity contribution in [2.45, 2.75) is 74.7 Å². The molecule has 3 heterocycles. The van der Waals surface area contributed by atoms with Crippen molar-refractivity contribution in [1.82, 2.24) is 29.3 Å². The molecule has 0 radical (unpaired) electrons. The Balaban J connectivity index is 1.26. The lowest BCUT2D eigenvalue weighted by atomic mass is 9.92. The summed E-state index contributed by atoms with van der Waals surface area (Å²) < 4.78 is 29.1. The number of rotatable bonds is 7. The predicted octanol–water partition coefficient (Wildman–Crippen LogP) is -0.133. The van der Waals surface area contributed by atoms with Gasteiger partial charge in [-0.1, -0.05) is 0 Å². The molecule has 0 aliphatic heterocycles. The first-order valence-electron chi connectivity index (χ1n) is 12.1. The SMILES string of the molecule is O=c1[nH]c(O)c(C=c2cnn3c(=NC4CC4)cc(NC4CCC(NS(=O)(=O)C5CC5)CC4)nc23)[nH]1. The molecule has 3 aliphatic carbocycles. The standard InChI is InChI=1S/C22H28N8O4S/c31-21-17(26-22(32)28-21)9-12-11-23-30-19(25-14-1-2-14)10-18(27-20(12)30)24-13-3-5-15(6-4-13)29-35(33,34)16-7-8-16/h9-11,13-16,24,29,31H,1-8H2,(H2,26,28,32). The molecule has 3 saturated carbocycles. The number of sulfonamides is 1. The number of hydrogen-bond donors (Lipinski definition) is 5. The van der Waals surface area contributed by atoms with Crippen LogP contribution in [0.15, 0.2) is 22.1 Å². The molecule has 0 bridgehead atoms. The van der Waals surface area contributed by atoms with Gasteiger partial charge in [-0.25, -0.2) is 22.9 Å². The highest BCUT2D eigenvalue weighted by molar-refractivity contribution is 7.90. The molecule has 35 heavy (non-hydrogen) atoms. The molecule has 0 unspecified atom stereocenters. The Morgan fingerprint density at radius 2 is 1.83 bits per heavy atom. The molecule has 3 fully saturated rings. The number of imidazole rings is 1. The molecule has 3 aromatic heterocycles. The van der Waals surface area contributed by atoms with E-state index in [-0.39, 0.29) is 34.9 Å². The van der Waals surface area contributed by atoms with Crippen molar-refractivity contribution in [3.8, 4) is 5.88 Å². The molecule has 0 amide bonds. The van der Waals surface area contributed by atoms with Crippen LogP contribution >= 0.6 is 0 Å². The van der Waals surface area contributed by atoms with Gasteiger partial charge in [0.2, 0.25) is 15.9 Å². The van der Waals surface area contributed by atoms with Gasteiger partial charge in [-0.2, -0.15) is 9.61 Å². The fourth-order valence-corrected chi connectivity index (χ4v) is 6.19. The third-order valence-electron chi connectivity index (χ3n) is 6.75. The summed E-state index contributed by atoms with van der Waals surface area (Å²) in [6.45, 7) is 0. The fraction of sp³-hybridized carbons (Fsp3) is 0.545. The van der Waals surface area contributed by atoms with Crippen molar-refractivity contribution in [2.75, 3.05) is 5.32 Å². The molecule has 3 aromatic rings. The number of aromatic hydroxyl groups is 1. The smallest absolute Gasteiger partial charge is 0.326 e. The van der Waals surface area contributed by atoms with Crippen LogP contribution in [-0.2, 0) is 10.0 Å². The zero-order valence-corrected chi connectivity index (χ0v) is 19.9. The van der Waals surface area contributed by atoms with Gasteiger partial charge >= 0.3 is 5.69 Å². The number of hydrogen-bond acceptors (Lipinski definition) is 8. The quantitative estimate of drug-likeness (QED) is 0.301. The van der Waals surface area contributed by atoms with E-state index < -0.39 is 15.7 Å². The average molecular weight is 501 g/mol. The van der Waals surface area contributed by atoms with E-state index in [1.165, 1.54) is 0 Å². The van der Waals surface area contributed by atoms with Crippen molar-refractivity contribution in [3.05, 3.63) is 39.1 Å². The first-order chi connectivity index (χ1) is 16.8. The van der Waals surface area contributed by atoms with Crippen LogP contribution in [0.1, 0.15) is 57.1 Å². The maximum Gasteiger partial charge on any atom is 0.326 e. The summed E-state index contributed by atoms with van der Waals surface area (Å²) in [5.74, 6) is 0.418. The van der Waals surface area contributed by atoms with Gasteiger partial charge in [0, 0.05) is 23.4 Å². The Kier molecular flexibility index (Phi) is 5.40. The molecule has 13 heteroatoms. The third-order valence-corrected chi connectivity index (χ3v) is 8.76. The lowest BCUT2D eigenvalue weighted by Gasteiger charge is -2.29. The summed E-state index contributed by atoms with van der Waals surface area (Å²) >= 11 is 0. The van der Waals surface area contributed by atoms with E-state index in [4.69, 9.17) is 9.98 Å². The minimum Gasteiger partial charge on any atom is -0.493 e. The van der Waals surface area contributed by atoms with Crippen molar-refractivity contribution in [2.24, 2.45) is 4.99 Å². The van der Waals surface area contributed by atoms with Gasteiger partial charge in [0.1, 0.15) is 11.5 Å². The van der Waals surface area contributed by atoms with E-state index in [1.807, 2.05) is 6.07 Å². The van der Waals surface area contributed by atoms with E-state index in [0.717, 1.165) is 51.4 Å². The zero-order chi connectivity index (χ0) is 24.2. The summed E-state index contributed by atoms with van der Waals surface area (Å²) in [6.07, 6.45) is 10.1. The van der Waals surface area contributed by atoms with Crippen LogP contribution in [0, 0.1) is 0 Å². The van der Waals surface area contributed by atoms with Crippen molar-refractivity contribution < 1.29 is 13.5 Å². The van der Waals surface area contributed by atoms with E-state index in [9.17, 15) is 18.3 Å². The van der Waals surface area contributed by atoms with E-state index in [1.54, 1.807) is 16.8 Å². The van der Waals surface area contributed by atoms with Crippen molar-refractivity contribution in [1.29, 1.82) is 0 Å². The number of H-pyrrole nitrogens is 2. The van der Waals surface area contributed by atoms with Gasteiger partial charge in [-0.15, -0.1) is 0 Å². The van der Waals surface area contributed by atoms with Crippen LogP contribution in [0.5, 0.6) is 5.88 Å². The highest BCUT2D eigenvalue weighted by Crippen LogP contribution is 2.29. The predicted molar refractivity (Wildman–Crippen MR) is 128 cm³/mol. The molecular weight excluding hydrogens is 472 g/mol. The highest BCUT2D eigenvalue weighted by Gasteiger charge is 2.37. The van der Waals surface area contributed by atoms with Crippen LogP contribution in [0.4, 0.5) is 5.82 Å². The molecule has 0 atom stereocenters. The monoisotopic (exact) mass is 500 g/mol. The Labute approximate surface area is 200 Å². The van der Waals surface area contributed by atoms with Crippen LogP contribution in [0.2, 0.25) is 0 Å². The maximum atomic E-state index is 12.3. The number of aromatic amines is 2. The average Bonchev–Trinajstić information content (AvgIpc) is 3.73. The first kappa shape index (κ1) is 22.3. The molecule has 12 nitrogen and oxygen atoms in total. The molecule has 5 N–H and O–H groups in total. The number of aromatic nitrogens is 5. The summed E-state index contributed by atoms with van der Waals surface area (Å²) in [7, 11) is -3.17. The number of anilines is 1. The maximum absolute atomic E-state index is 12.3. The van der Waals surface area contributed by atoms with Crippen LogP contribution < -0.4 is 26.4 Å². The Hall–Kier alpha value is -3.19. The van der Waals surface area contributed by atoms with Crippen molar-refractivity contribution >= 4 is 27.6 Å². The van der Waals surface area contributed by atoms with E-state index in [2.05, 4.69) is 25.1 Å². The molecule has 3 aliphatic rings. The molecule has 0 aromatic carbocycles. The number of nitrogens with zero attached hydrogens (tertiary/aromatic N) is 4. The van der Waals surface area contributed by atoms with Gasteiger partial charge in [0.05, 0.1) is 17.5 Å². The minimum atomic E-state index is -3.17. The second kappa shape index (κ2) is 8.48. The molecule has 186 valence electrons. The van der Waals surface area contributed by atoms with Gasteiger partial charge in [0.25, 0.3) is 0 Å². The number of nitrogens with one attached hydrogen (secondary N) is 4. The topological polar surface area (TPSA) is 170 Å². The van der Waals surface area contributed by atoms with Gasteiger partial charge in [-0.05, 0) is 57.4 Å². The van der Waals surface area contributed by atoms with Crippen molar-refractivity contribution in [3.63, 3.8) is 0 Å². The second-order valence-corrected chi connectivity index (χ2v) is 11.7.